The van der Waals surface area contributed by atoms with Crippen molar-refractivity contribution in [2.45, 2.75) is 33.2 Å². The van der Waals surface area contributed by atoms with Crippen molar-refractivity contribution >= 4 is 0 Å². The van der Waals surface area contributed by atoms with Gasteiger partial charge in [-0.05, 0) is 24.7 Å². The Kier molecular flexibility index (Phi) is 2.02. The average Bonchev–Trinajstić information content (AvgIpc) is 2.41. The van der Waals surface area contributed by atoms with Crippen molar-refractivity contribution in [2.75, 3.05) is 7.11 Å². The predicted octanol–water partition coefficient (Wildman–Crippen LogP) is 1.57. The van der Waals surface area contributed by atoms with Gasteiger partial charge in [-0.1, -0.05) is 13.8 Å². The zero-order valence-corrected chi connectivity index (χ0v) is 7.27. The fourth-order valence-corrected chi connectivity index (χ4v) is 1.63. The van der Waals surface area contributed by atoms with Crippen LogP contribution < -0.4 is 5.48 Å². The van der Waals surface area contributed by atoms with Crippen molar-refractivity contribution in [1.29, 1.82) is 0 Å². The minimum atomic E-state index is 0.500. The molecule has 2 heteroatoms. The first-order chi connectivity index (χ1) is 4.58. The van der Waals surface area contributed by atoms with Crippen LogP contribution in [0.5, 0.6) is 0 Å². The van der Waals surface area contributed by atoms with Crippen LogP contribution in [0.1, 0.15) is 27.2 Å². The molecule has 0 bridgehead atoms. The third-order valence-corrected chi connectivity index (χ3v) is 2.50. The maximum atomic E-state index is 4.85. The van der Waals surface area contributed by atoms with Gasteiger partial charge >= 0.3 is 0 Å². The topological polar surface area (TPSA) is 21.3 Å². The monoisotopic (exact) mass is 143 g/mol. The van der Waals surface area contributed by atoms with Gasteiger partial charge in [-0.25, -0.2) is 0 Å². The summed E-state index contributed by atoms with van der Waals surface area (Å²) < 4.78 is 0. The first kappa shape index (κ1) is 8.02. The largest absolute Gasteiger partial charge is 0.305 e. The van der Waals surface area contributed by atoms with Crippen molar-refractivity contribution in [3.05, 3.63) is 0 Å². The molecule has 0 aliphatic heterocycles. The summed E-state index contributed by atoms with van der Waals surface area (Å²) in [6.45, 7) is 6.76. The standard InChI is InChI=1S/C8H17NO/c1-6(9-10-4)7-5-8(7,2)3/h6-7,9H,5H2,1-4H3/t6-,7+/m1/s1. The lowest BCUT2D eigenvalue weighted by atomic mass is 10.1. The molecule has 0 heterocycles. The van der Waals surface area contributed by atoms with Crippen LogP contribution in [0, 0.1) is 11.3 Å². The second-order valence-corrected chi connectivity index (χ2v) is 3.91. The molecule has 0 unspecified atom stereocenters. The van der Waals surface area contributed by atoms with E-state index >= 15 is 0 Å². The summed E-state index contributed by atoms with van der Waals surface area (Å²) in [4.78, 5) is 4.85. The van der Waals surface area contributed by atoms with Crippen LogP contribution in [0.4, 0.5) is 0 Å². The summed E-state index contributed by atoms with van der Waals surface area (Å²) in [6, 6.07) is 0.500. The first-order valence-electron chi connectivity index (χ1n) is 3.86. The zero-order chi connectivity index (χ0) is 7.78. The SMILES string of the molecule is CON[C@H](C)[C@@H]1CC1(C)C. The lowest BCUT2D eigenvalue weighted by molar-refractivity contribution is 0.0560. The van der Waals surface area contributed by atoms with E-state index < -0.39 is 0 Å². The summed E-state index contributed by atoms with van der Waals surface area (Å²) in [5, 5.41) is 0. The maximum Gasteiger partial charge on any atom is 0.0572 e. The van der Waals surface area contributed by atoms with E-state index in [2.05, 4.69) is 26.3 Å². The Morgan fingerprint density at radius 2 is 2.10 bits per heavy atom. The first-order valence-corrected chi connectivity index (χ1v) is 3.86. The molecule has 0 aromatic rings. The van der Waals surface area contributed by atoms with Gasteiger partial charge < -0.3 is 4.84 Å². The molecule has 1 aliphatic rings. The molecule has 60 valence electrons. The highest BCUT2D eigenvalue weighted by atomic mass is 16.6. The van der Waals surface area contributed by atoms with E-state index in [1.165, 1.54) is 6.42 Å². The molecule has 1 N–H and O–H groups in total. The zero-order valence-electron chi connectivity index (χ0n) is 7.27. The van der Waals surface area contributed by atoms with E-state index in [1.54, 1.807) is 7.11 Å². The number of rotatable bonds is 3. The van der Waals surface area contributed by atoms with Crippen molar-refractivity contribution in [3.63, 3.8) is 0 Å². The fourth-order valence-electron chi connectivity index (χ4n) is 1.63. The minimum Gasteiger partial charge on any atom is -0.305 e. The van der Waals surface area contributed by atoms with E-state index in [0.29, 0.717) is 11.5 Å². The molecule has 1 aliphatic carbocycles. The van der Waals surface area contributed by atoms with Crippen molar-refractivity contribution < 1.29 is 4.84 Å². The molecule has 1 rings (SSSR count). The fraction of sp³-hybridized carbons (Fsp3) is 1.00. The molecular weight excluding hydrogens is 126 g/mol. The normalized spacial score (nSPS) is 31.8. The van der Waals surface area contributed by atoms with Gasteiger partial charge in [0.2, 0.25) is 0 Å². The Labute approximate surface area is 62.9 Å². The molecule has 2 atom stereocenters. The molecule has 2 nitrogen and oxygen atoms in total. The molecule has 1 saturated carbocycles. The highest BCUT2D eigenvalue weighted by Gasteiger charge is 2.48. The Bertz CT molecular complexity index is 122. The molecule has 0 aromatic carbocycles. The van der Waals surface area contributed by atoms with Gasteiger partial charge in [0.1, 0.15) is 0 Å². The van der Waals surface area contributed by atoms with E-state index in [1.807, 2.05) is 0 Å². The Balaban J connectivity index is 2.25. The van der Waals surface area contributed by atoms with E-state index in [0.717, 1.165) is 5.92 Å². The molecule has 0 spiro atoms. The van der Waals surface area contributed by atoms with Crippen LogP contribution in [0.25, 0.3) is 0 Å². The highest BCUT2D eigenvalue weighted by molar-refractivity contribution is 4.99. The second kappa shape index (κ2) is 2.51. The lowest BCUT2D eigenvalue weighted by Gasteiger charge is -2.12. The Hall–Kier alpha value is -0.0800. The van der Waals surface area contributed by atoms with E-state index in [9.17, 15) is 0 Å². The summed E-state index contributed by atoms with van der Waals surface area (Å²) in [5.74, 6) is 0.799. The highest BCUT2D eigenvalue weighted by Crippen LogP contribution is 2.53. The minimum absolute atomic E-state index is 0.500. The quantitative estimate of drug-likeness (QED) is 0.605. The molecule has 1 fully saturated rings. The Morgan fingerprint density at radius 3 is 2.40 bits per heavy atom. The van der Waals surface area contributed by atoms with Crippen molar-refractivity contribution in [1.82, 2.24) is 5.48 Å². The average molecular weight is 143 g/mol. The number of hydroxylamine groups is 1. The third kappa shape index (κ3) is 1.50. The van der Waals surface area contributed by atoms with Crippen LogP contribution in [-0.2, 0) is 4.84 Å². The number of hydrogen-bond donors (Lipinski definition) is 1. The van der Waals surface area contributed by atoms with Crippen LogP contribution in [0.15, 0.2) is 0 Å². The molecule has 10 heavy (non-hydrogen) atoms. The summed E-state index contributed by atoms with van der Waals surface area (Å²) in [6.07, 6.45) is 1.32. The summed E-state index contributed by atoms with van der Waals surface area (Å²) >= 11 is 0. The smallest absolute Gasteiger partial charge is 0.0572 e. The van der Waals surface area contributed by atoms with Crippen molar-refractivity contribution in [2.24, 2.45) is 11.3 Å². The van der Waals surface area contributed by atoms with Gasteiger partial charge in [-0.3, -0.25) is 0 Å². The van der Waals surface area contributed by atoms with Gasteiger partial charge in [-0.15, -0.1) is 0 Å². The van der Waals surface area contributed by atoms with Gasteiger partial charge in [0.25, 0.3) is 0 Å². The van der Waals surface area contributed by atoms with Crippen LogP contribution in [0.2, 0.25) is 0 Å². The van der Waals surface area contributed by atoms with Crippen LogP contribution in [0.3, 0.4) is 0 Å². The molecule has 0 saturated heterocycles. The van der Waals surface area contributed by atoms with Gasteiger partial charge in [0.15, 0.2) is 0 Å². The Morgan fingerprint density at radius 1 is 1.60 bits per heavy atom. The molecule has 0 radical (unpaired) electrons. The van der Waals surface area contributed by atoms with E-state index in [4.69, 9.17) is 4.84 Å². The predicted molar refractivity (Wildman–Crippen MR) is 41.5 cm³/mol. The molecule has 0 aromatic heterocycles. The second-order valence-electron chi connectivity index (χ2n) is 3.91. The van der Waals surface area contributed by atoms with Gasteiger partial charge in [0, 0.05) is 6.04 Å². The molecule has 0 amide bonds. The number of hydrogen-bond acceptors (Lipinski definition) is 2. The summed E-state index contributed by atoms with van der Waals surface area (Å²) in [7, 11) is 1.67. The van der Waals surface area contributed by atoms with Crippen LogP contribution >= 0.6 is 0 Å². The number of nitrogens with one attached hydrogen (secondary N) is 1. The van der Waals surface area contributed by atoms with E-state index in [-0.39, 0.29) is 0 Å². The van der Waals surface area contributed by atoms with Crippen molar-refractivity contribution in [3.8, 4) is 0 Å². The third-order valence-electron chi connectivity index (χ3n) is 2.50. The molecular formula is C8H17NO. The van der Waals surface area contributed by atoms with Gasteiger partial charge in [0.05, 0.1) is 7.11 Å². The van der Waals surface area contributed by atoms with Gasteiger partial charge in [-0.2, -0.15) is 5.48 Å². The maximum absolute atomic E-state index is 4.85. The lowest BCUT2D eigenvalue weighted by Crippen LogP contribution is -2.28. The summed E-state index contributed by atoms with van der Waals surface area (Å²) in [5.41, 5.74) is 3.51. The van der Waals surface area contributed by atoms with Crippen LogP contribution in [-0.4, -0.2) is 13.2 Å².